The Balaban J connectivity index is 3.17. The fourth-order valence-corrected chi connectivity index (χ4v) is 1.22. The van der Waals surface area contributed by atoms with E-state index in [9.17, 15) is 0 Å². The molecule has 0 radical (unpaired) electrons. The number of aliphatic hydroxyl groups excluding tert-OH is 1. The van der Waals surface area contributed by atoms with Crippen molar-refractivity contribution in [3.05, 3.63) is 23.3 Å². The van der Waals surface area contributed by atoms with Crippen molar-refractivity contribution in [2.75, 3.05) is 6.61 Å². The molecule has 0 aliphatic carbocycles. The van der Waals surface area contributed by atoms with E-state index in [1.807, 2.05) is 13.0 Å². The van der Waals surface area contributed by atoms with Crippen LogP contribution in [0.4, 0.5) is 0 Å². The Bertz CT molecular complexity index is 344. The molecule has 3 N–H and O–H groups in total. The number of nitrogens with zero attached hydrogens (tertiary/aromatic N) is 2. The van der Waals surface area contributed by atoms with E-state index in [0.29, 0.717) is 5.82 Å². The SMILES string of the molecule is Cc1cc(C(C)(C)C)nc(C(N)CO)n1. The maximum absolute atomic E-state index is 8.97. The highest BCUT2D eigenvalue weighted by atomic mass is 16.3. The largest absolute Gasteiger partial charge is 0.394 e. The van der Waals surface area contributed by atoms with E-state index in [1.165, 1.54) is 0 Å². The van der Waals surface area contributed by atoms with Crippen LogP contribution in [0, 0.1) is 6.92 Å². The van der Waals surface area contributed by atoms with Crippen LogP contribution >= 0.6 is 0 Å². The molecule has 1 rings (SSSR count). The zero-order chi connectivity index (χ0) is 11.6. The van der Waals surface area contributed by atoms with E-state index in [0.717, 1.165) is 11.4 Å². The van der Waals surface area contributed by atoms with Gasteiger partial charge < -0.3 is 10.8 Å². The number of rotatable bonds is 2. The van der Waals surface area contributed by atoms with Gasteiger partial charge in [-0.3, -0.25) is 0 Å². The Morgan fingerprint density at radius 1 is 1.40 bits per heavy atom. The molecule has 1 aromatic heterocycles. The molecule has 0 bridgehead atoms. The molecule has 0 aromatic carbocycles. The topological polar surface area (TPSA) is 72.0 Å². The van der Waals surface area contributed by atoms with Crippen LogP contribution < -0.4 is 5.73 Å². The molecule has 1 atom stereocenters. The van der Waals surface area contributed by atoms with Crippen LogP contribution in [0.15, 0.2) is 6.07 Å². The molecule has 4 heteroatoms. The van der Waals surface area contributed by atoms with Crippen molar-refractivity contribution < 1.29 is 5.11 Å². The summed E-state index contributed by atoms with van der Waals surface area (Å²) in [6.07, 6.45) is 0. The third-order valence-electron chi connectivity index (χ3n) is 2.17. The maximum Gasteiger partial charge on any atom is 0.147 e. The van der Waals surface area contributed by atoms with Gasteiger partial charge in [0.05, 0.1) is 12.6 Å². The molecule has 0 spiro atoms. The number of nitrogens with two attached hydrogens (primary N) is 1. The van der Waals surface area contributed by atoms with Crippen molar-refractivity contribution in [1.82, 2.24) is 9.97 Å². The summed E-state index contributed by atoms with van der Waals surface area (Å²) in [5, 5.41) is 8.97. The first-order chi connectivity index (χ1) is 6.84. The van der Waals surface area contributed by atoms with Crippen molar-refractivity contribution in [3.8, 4) is 0 Å². The summed E-state index contributed by atoms with van der Waals surface area (Å²) in [6, 6.07) is 1.46. The van der Waals surface area contributed by atoms with Gasteiger partial charge in [-0.2, -0.15) is 0 Å². The van der Waals surface area contributed by atoms with Gasteiger partial charge >= 0.3 is 0 Å². The predicted molar refractivity (Wildman–Crippen MR) is 59.5 cm³/mol. The van der Waals surface area contributed by atoms with Crippen LogP contribution in [0.5, 0.6) is 0 Å². The zero-order valence-electron chi connectivity index (χ0n) is 9.78. The Kier molecular flexibility index (Phi) is 3.42. The zero-order valence-corrected chi connectivity index (χ0v) is 9.78. The van der Waals surface area contributed by atoms with Gasteiger partial charge in [0.15, 0.2) is 0 Å². The van der Waals surface area contributed by atoms with Gasteiger partial charge in [0.2, 0.25) is 0 Å². The highest BCUT2D eigenvalue weighted by Gasteiger charge is 2.18. The molecule has 1 heterocycles. The normalized spacial score (nSPS) is 14.0. The monoisotopic (exact) mass is 209 g/mol. The number of hydrogen-bond donors (Lipinski definition) is 2. The first-order valence-electron chi connectivity index (χ1n) is 5.07. The van der Waals surface area contributed by atoms with Gasteiger partial charge in [0.25, 0.3) is 0 Å². The third-order valence-corrected chi connectivity index (χ3v) is 2.17. The Hall–Kier alpha value is -1.00. The summed E-state index contributed by atoms with van der Waals surface area (Å²) < 4.78 is 0. The minimum atomic E-state index is -0.494. The second kappa shape index (κ2) is 4.24. The summed E-state index contributed by atoms with van der Waals surface area (Å²) in [4.78, 5) is 8.60. The molecule has 0 amide bonds. The van der Waals surface area contributed by atoms with E-state index >= 15 is 0 Å². The fourth-order valence-electron chi connectivity index (χ4n) is 1.22. The standard InChI is InChI=1S/C11H19N3O/c1-7-5-9(11(2,3)4)14-10(13-7)8(12)6-15/h5,8,15H,6,12H2,1-4H3. The van der Waals surface area contributed by atoms with Crippen LogP contribution in [0.3, 0.4) is 0 Å². The van der Waals surface area contributed by atoms with Gasteiger partial charge in [-0.05, 0) is 13.0 Å². The maximum atomic E-state index is 8.97. The lowest BCUT2D eigenvalue weighted by Crippen LogP contribution is -2.22. The average molecular weight is 209 g/mol. The molecule has 0 aliphatic rings. The van der Waals surface area contributed by atoms with Gasteiger partial charge in [-0.1, -0.05) is 20.8 Å². The quantitative estimate of drug-likeness (QED) is 0.764. The van der Waals surface area contributed by atoms with Crippen LogP contribution in [0.2, 0.25) is 0 Å². The third kappa shape index (κ3) is 2.97. The van der Waals surface area contributed by atoms with E-state index in [4.69, 9.17) is 10.8 Å². The number of aromatic nitrogens is 2. The lowest BCUT2D eigenvalue weighted by Gasteiger charge is -2.19. The van der Waals surface area contributed by atoms with E-state index in [1.54, 1.807) is 0 Å². The highest BCUT2D eigenvalue weighted by Crippen LogP contribution is 2.21. The number of aliphatic hydroxyl groups is 1. The van der Waals surface area contributed by atoms with Crippen molar-refractivity contribution in [2.45, 2.75) is 39.2 Å². The summed E-state index contributed by atoms with van der Waals surface area (Å²) in [5.41, 5.74) is 7.51. The minimum absolute atomic E-state index is 0.0301. The molecule has 0 saturated carbocycles. The van der Waals surface area contributed by atoms with Gasteiger partial charge in [-0.25, -0.2) is 9.97 Å². The van der Waals surface area contributed by atoms with Gasteiger partial charge in [0.1, 0.15) is 5.82 Å². The molecule has 1 unspecified atom stereocenters. The lowest BCUT2D eigenvalue weighted by molar-refractivity contribution is 0.263. The van der Waals surface area contributed by atoms with Crippen molar-refractivity contribution in [3.63, 3.8) is 0 Å². The molecule has 0 saturated heterocycles. The van der Waals surface area contributed by atoms with E-state index < -0.39 is 6.04 Å². The molecule has 0 aliphatic heterocycles. The Labute approximate surface area is 90.6 Å². The van der Waals surface area contributed by atoms with Crippen LogP contribution in [0.25, 0.3) is 0 Å². The summed E-state index contributed by atoms with van der Waals surface area (Å²) >= 11 is 0. The van der Waals surface area contributed by atoms with Crippen molar-refractivity contribution >= 4 is 0 Å². The van der Waals surface area contributed by atoms with Crippen LogP contribution in [-0.2, 0) is 5.41 Å². The summed E-state index contributed by atoms with van der Waals surface area (Å²) in [7, 11) is 0. The van der Waals surface area contributed by atoms with Crippen LogP contribution in [-0.4, -0.2) is 21.7 Å². The molecule has 0 fully saturated rings. The van der Waals surface area contributed by atoms with Crippen molar-refractivity contribution in [2.24, 2.45) is 5.73 Å². The Morgan fingerprint density at radius 3 is 2.47 bits per heavy atom. The molecule has 1 aromatic rings. The average Bonchev–Trinajstić information content (AvgIpc) is 2.14. The summed E-state index contributed by atoms with van der Waals surface area (Å²) in [6.45, 7) is 8.03. The highest BCUT2D eigenvalue weighted by molar-refractivity contribution is 5.18. The van der Waals surface area contributed by atoms with Gasteiger partial charge in [-0.15, -0.1) is 0 Å². The second-order valence-electron chi connectivity index (χ2n) is 4.79. The van der Waals surface area contributed by atoms with E-state index in [2.05, 4.69) is 30.7 Å². The number of aryl methyl sites for hydroxylation is 1. The fraction of sp³-hybridized carbons (Fsp3) is 0.636. The second-order valence-corrected chi connectivity index (χ2v) is 4.79. The van der Waals surface area contributed by atoms with Crippen molar-refractivity contribution in [1.29, 1.82) is 0 Å². The Morgan fingerprint density at radius 2 is 2.00 bits per heavy atom. The molecular weight excluding hydrogens is 190 g/mol. The van der Waals surface area contributed by atoms with E-state index in [-0.39, 0.29) is 12.0 Å². The van der Waals surface area contributed by atoms with Gasteiger partial charge in [0, 0.05) is 16.8 Å². The molecule has 15 heavy (non-hydrogen) atoms. The number of hydrogen-bond acceptors (Lipinski definition) is 4. The molecular formula is C11H19N3O. The predicted octanol–water partition coefficient (Wildman–Crippen LogP) is 1.07. The summed E-state index contributed by atoms with van der Waals surface area (Å²) in [5.74, 6) is 0.516. The van der Waals surface area contributed by atoms with Crippen LogP contribution in [0.1, 0.15) is 44.0 Å². The smallest absolute Gasteiger partial charge is 0.147 e. The lowest BCUT2D eigenvalue weighted by atomic mass is 9.91. The first kappa shape index (κ1) is 12.1. The molecule has 84 valence electrons. The molecule has 4 nitrogen and oxygen atoms in total. The first-order valence-corrected chi connectivity index (χ1v) is 5.07. The minimum Gasteiger partial charge on any atom is -0.394 e.